The summed E-state index contributed by atoms with van der Waals surface area (Å²) >= 11 is 0. The Morgan fingerprint density at radius 1 is 1.15 bits per heavy atom. The number of amides is 1. The van der Waals surface area contributed by atoms with Crippen molar-refractivity contribution in [2.24, 2.45) is 0 Å². The third-order valence-corrected chi connectivity index (χ3v) is 4.98. The van der Waals surface area contributed by atoms with Crippen molar-refractivity contribution < 1.29 is 4.79 Å². The third kappa shape index (κ3) is 6.42. The Balaban J connectivity index is 0.00000182. The first kappa shape index (κ1) is 23.3. The number of likely N-dealkylation sites (tertiary alicyclic amines) is 1. The van der Waals surface area contributed by atoms with Crippen LogP contribution in [0.25, 0.3) is 0 Å². The van der Waals surface area contributed by atoms with Crippen LogP contribution in [0.3, 0.4) is 0 Å². The number of anilines is 1. The van der Waals surface area contributed by atoms with Crippen molar-refractivity contribution in [2.75, 3.05) is 18.8 Å². The molecule has 3 rings (SSSR count). The fraction of sp³-hybridized carbons (Fsp3) is 0.381. The number of nitrogens with two attached hydrogens (primary N) is 1. The maximum atomic E-state index is 12.5. The number of hydrogen-bond acceptors (Lipinski definition) is 3. The highest BCUT2D eigenvalue weighted by molar-refractivity contribution is 5.96. The molecule has 1 fully saturated rings. The molecule has 0 saturated carbocycles. The van der Waals surface area contributed by atoms with Crippen LogP contribution in [-0.2, 0) is 6.54 Å². The summed E-state index contributed by atoms with van der Waals surface area (Å²) in [6.07, 6.45) is 3.58. The van der Waals surface area contributed by atoms with Gasteiger partial charge < -0.3 is 11.1 Å². The Kier molecular flexibility index (Phi) is 9.64. The maximum Gasteiger partial charge on any atom is 0.251 e. The summed E-state index contributed by atoms with van der Waals surface area (Å²) in [6, 6.07) is 16.4. The molecule has 27 heavy (non-hydrogen) atoms. The molecule has 0 spiro atoms. The first-order valence-electron chi connectivity index (χ1n) is 9.06. The molecule has 1 aliphatic rings. The van der Waals surface area contributed by atoms with E-state index in [1.807, 2.05) is 25.1 Å². The first-order valence-corrected chi connectivity index (χ1v) is 9.06. The minimum absolute atomic E-state index is 0. The lowest BCUT2D eigenvalue weighted by atomic mass is 10.0. The average molecular weight is 410 g/mol. The molecule has 1 amide bonds. The summed E-state index contributed by atoms with van der Waals surface area (Å²) in [5, 5.41) is 3.12. The molecule has 4 nitrogen and oxygen atoms in total. The van der Waals surface area contributed by atoms with Gasteiger partial charge in [-0.05, 0) is 49.6 Å². The molecule has 0 aromatic heterocycles. The van der Waals surface area contributed by atoms with Gasteiger partial charge in [-0.2, -0.15) is 0 Å². The quantitative estimate of drug-likeness (QED) is 0.727. The Labute approximate surface area is 174 Å². The molecule has 1 heterocycles. The predicted octanol–water partition coefficient (Wildman–Crippen LogP) is 4.21. The average Bonchev–Trinajstić information content (AvgIpc) is 2.63. The third-order valence-electron chi connectivity index (χ3n) is 4.98. The highest BCUT2D eigenvalue weighted by Crippen LogP contribution is 2.20. The summed E-state index contributed by atoms with van der Waals surface area (Å²) < 4.78 is 0. The summed E-state index contributed by atoms with van der Waals surface area (Å²) in [4.78, 5) is 15.0. The maximum absolute atomic E-state index is 12.5. The molecule has 1 unspecified atom stereocenters. The first-order chi connectivity index (χ1) is 12.1. The van der Waals surface area contributed by atoms with Crippen molar-refractivity contribution in [3.05, 3.63) is 65.2 Å². The number of hydrogen-bond donors (Lipinski definition) is 2. The van der Waals surface area contributed by atoms with Crippen LogP contribution in [0.15, 0.2) is 48.5 Å². The van der Waals surface area contributed by atoms with E-state index in [1.54, 1.807) is 6.07 Å². The Bertz CT molecular complexity index is 725. The molecule has 148 valence electrons. The summed E-state index contributed by atoms with van der Waals surface area (Å²) in [5.41, 5.74) is 9.40. The van der Waals surface area contributed by atoms with E-state index in [1.165, 1.54) is 18.4 Å². The molecule has 1 aliphatic heterocycles. The lowest BCUT2D eigenvalue weighted by Crippen LogP contribution is -2.46. The van der Waals surface area contributed by atoms with E-state index in [0.29, 0.717) is 23.8 Å². The van der Waals surface area contributed by atoms with Crippen LogP contribution in [0.1, 0.15) is 40.7 Å². The molecule has 0 bridgehead atoms. The Morgan fingerprint density at radius 3 is 2.63 bits per heavy atom. The standard InChI is InChI=1S/C21H27N3O.2ClH/c1-16-10-11-18(22)13-20(16)21(25)23-14-19-9-5-6-12-24(19)15-17-7-3-2-4-8-17;;/h2-4,7-8,10-11,13,19H,5-6,9,12,14-15,22H2,1H3,(H,23,25);2*1H. The lowest BCUT2D eigenvalue weighted by molar-refractivity contribution is 0.0907. The molecule has 0 radical (unpaired) electrons. The number of carbonyl (C=O) groups excluding carboxylic acids is 1. The second-order valence-electron chi connectivity index (χ2n) is 6.89. The molecule has 2 aromatic rings. The number of nitrogens with zero attached hydrogens (tertiary/aromatic N) is 1. The highest BCUT2D eigenvalue weighted by atomic mass is 35.5. The number of piperidine rings is 1. The van der Waals surface area contributed by atoms with Gasteiger partial charge in [-0.15, -0.1) is 24.8 Å². The topological polar surface area (TPSA) is 58.4 Å². The SMILES string of the molecule is Cc1ccc(N)cc1C(=O)NCC1CCCCN1Cc1ccccc1.Cl.Cl. The number of halogens is 2. The summed E-state index contributed by atoms with van der Waals surface area (Å²) in [5.74, 6) is -0.0324. The van der Waals surface area contributed by atoms with Crippen molar-refractivity contribution >= 4 is 36.4 Å². The molecule has 2 aromatic carbocycles. The number of aryl methyl sites for hydroxylation is 1. The lowest BCUT2D eigenvalue weighted by Gasteiger charge is -2.36. The van der Waals surface area contributed by atoms with E-state index in [2.05, 4.69) is 34.5 Å². The smallest absolute Gasteiger partial charge is 0.251 e. The van der Waals surface area contributed by atoms with Gasteiger partial charge in [-0.3, -0.25) is 9.69 Å². The van der Waals surface area contributed by atoms with Crippen molar-refractivity contribution in [3.63, 3.8) is 0 Å². The number of carbonyl (C=O) groups is 1. The minimum atomic E-state index is -0.0324. The van der Waals surface area contributed by atoms with Gasteiger partial charge in [0.2, 0.25) is 0 Å². The van der Waals surface area contributed by atoms with E-state index >= 15 is 0 Å². The summed E-state index contributed by atoms with van der Waals surface area (Å²) in [6.45, 7) is 4.65. The van der Waals surface area contributed by atoms with Gasteiger partial charge in [0.15, 0.2) is 0 Å². The monoisotopic (exact) mass is 409 g/mol. The van der Waals surface area contributed by atoms with Gasteiger partial charge in [0.05, 0.1) is 0 Å². The van der Waals surface area contributed by atoms with Gasteiger partial charge >= 0.3 is 0 Å². The van der Waals surface area contributed by atoms with Crippen LogP contribution < -0.4 is 11.1 Å². The number of benzene rings is 2. The molecule has 6 heteroatoms. The Morgan fingerprint density at radius 2 is 1.89 bits per heavy atom. The van der Waals surface area contributed by atoms with Crippen LogP contribution >= 0.6 is 24.8 Å². The predicted molar refractivity (Wildman–Crippen MR) is 117 cm³/mol. The van der Waals surface area contributed by atoms with E-state index < -0.39 is 0 Å². The second-order valence-corrected chi connectivity index (χ2v) is 6.89. The highest BCUT2D eigenvalue weighted by Gasteiger charge is 2.23. The molecule has 1 saturated heterocycles. The van der Waals surface area contributed by atoms with Crippen molar-refractivity contribution in [1.82, 2.24) is 10.2 Å². The van der Waals surface area contributed by atoms with Gasteiger partial charge in [0.1, 0.15) is 0 Å². The molecular formula is C21H29Cl2N3O. The van der Waals surface area contributed by atoms with E-state index in [4.69, 9.17) is 5.73 Å². The fourth-order valence-corrected chi connectivity index (χ4v) is 3.51. The number of nitrogen functional groups attached to an aromatic ring is 1. The van der Waals surface area contributed by atoms with Gasteiger partial charge in [0, 0.05) is 30.4 Å². The van der Waals surface area contributed by atoms with Crippen LogP contribution in [-0.4, -0.2) is 29.9 Å². The minimum Gasteiger partial charge on any atom is -0.399 e. The second kappa shape index (κ2) is 11.2. The number of nitrogens with one attached hydrogen (secondary N) is 1. The fourth-order valence-electron chi connectivity index (χ4n) is 3.51. The van der Waals surface area contributed by atoms with Crippen LogP contribution in [0.4, 0.5) is 5.69 Å². The van der Waals surface area contributed by atoms with E-state index in [9.17, 15) is 4.79 Å². The molecule has 1 atom stereocenters. The van der Waals surface area contributed by atoms with Gasteiger partial charge in [-0.1, -0.05) is 42.8 Å². The zero-order chi connectivity index (χ0) is 17.6. The van der Waals surface area contributed by atoms with Gasteiger partial charge in [-0.25, -0.2) is 0 Å². The van der Waals surface area contributed by atoms with E-state index in [-0.39, 0.29) is 30.7 Å². The normalized spacial score (nSPS) is 16.7. The Hall–Kier alpha value is -1.75. The van der Waals surface area contributed by atoms with Crippen LogP contribution in [0.5, 0.6) is 0 Å². The largest absolute Gasteiger partial charge is 0.399 e. The van der Waals surface area contributed by atoms with Crippen LogP contribution in [0.2, 0.25) is 0 Å². The molecular weight excluding hydrogens is 381 g/mol. The van der Waals surface area contributed by atoms with Crippen molar-refractivity contribution in [3.8, 4) is 0 Å². The summed E-state index contributed by atoms with van der Waals surface area (Å²) in [7, 11) is 0. The zero-order valence-electron chi connectivity index (χ0n) is 15.7. The molecule has 3 N–H and O–H groups in total. The van der Waals surface area contributed by atoms with Crippen LogP contribution in [0, 0.1) is 6.92 Å². The number of rotatable bonds is 5. The van der Waals surface area contributed by atoms with E-state index in [0.717, 1.165) is 25.1 Å². The molecule has 0 aliphatic carbocycles. The van der Waals surface area contributed by atoms with Gasteiger partial charge in [0.25, 0.3) is 5.91 Å². The van der Waals surface area contributed by atoms with Crippen molar-refractivity contribution in [1.29, 1.82) is 0 Å². The van der Waals surface area contributed by atoms with Crippen molar-refractivity contribution in [2.45, 2.75) is 38.8 Å². The zero-order valence-corrected chi connectivity index (χ0v) is 17.3.